The molecule has 0 saturated carbocycles. The van der Waals surface area contributed by atoms with Crippen LogP contribution in [0.4, 0.5) is 8.78 Å². The number of rotatable bonds is 5. The molecule has 5 nitrogen and oxygen atoms in total. The van der Waals surface area contributed by atoms with Crippen LogP contribution in [0.1, 0.15) is 18.4 Å². The first-order valence-electron chi connectivity index (χ1n) is 8.75. The monoisotopic (exact) mass is 428 g/mol. The summed E-state index contributed by atoms with van der Waals surface area (Å²) in [6.45, 7) is 0.656. The first-order chi connectivity index (χ1) is 13.3. The summed E-state index contributed by atoms with van der Waals surface area (Å²) in [5.74, 6) is -1.49. The van der Waals surface area contributed by atoms with E-state index in [4.69, 9.17) is 11.6 Å². The van der Waals surface area contributed by atoms with Crippen molar-refractivity contribution < 1.29 is 22.0 Å². The molecule has 1 N–H and O–H groups in total. The Labute approximate surface area is 167 Å². The fourth-order valence-electron chi connectivity index (χ4n) is 3.08. The minimum absolute atomic E-state index is 0.0712. The van der Waals surface area contributed by atoms with Gasteiger partial charge in [-0.15, -0.1) is 0 Å². The van der Waals surface area contributed by atoms with E-state index in [9.17, 15) is 22.0 Å². The van der Waals surface area contributed by atoms with Gasteiger partial charge in [-0.3, -0.25) is 4.79 Å². The predicted molar refractivity (Wildman–Crippen MR) is 101 cm³/mol. The van der Waals surface area contributed by atoms with Gasteiger partial charge in [0.25, 0.3) is 0 Å². The SMILES string of the molecule is O=C(NCc1ccc(F)cc1)C1CCN(S(=O)(=O)c2ccc(F)c(Cl)c2)CC1. The number of nitrogens with zero attached hydrogens (tertiary/aromatic N) is 1. The van der Waals surface area contributed by atoms with E-state index < -0.39 is 15.8 Å². The van der Waals surface area contributed by atoms with Gasteiger partial charge in [0.15, 0.2) is 0 Å². The molecular formula is C19H19ClF2N2O3S. The van der Waals surface area contributed by atoms with Gasteiger partial charge in [-0.1, -0.05) is 23.7 Å². The molecule has 0 bridgehead atoms. The molecule has 1 aliphatic rings. The predicted octanol–water partition coefficient (Wildman–Crippen LogP) is 3.34. The van der Waals surface area contributed by atoms with Gasteiger partial charge in [-0.2, -0.15) is 4.31 Å². The second-order valence-electron chi connectivity index (χ2n) is 6.60. The average molecular weight is 429 g/mol. The number of carbonyl (C=O) groups is 1. The number of halogens is 3. The fourth-order valence-corrected chi connectivity index (χ4v) is 4.82. The van der Waals surface area contributed by atoms with Crippen LogP contribution in [0, 0.1) is 17.6 Å². The molecule has 1 amide bonds. The second-order valence-corrected chi connectivity index (χ2v) is 8.94. The van der Waals surface area contributed by atoms with Gasteiger partial charge in [-0.05, 0) is 48.7 Å². The van der Waals surface area contributed by atoms with Crippen LogP contribution in [0.5, 0.6) is 0 Å². The molecule has 0 atom stereocenters. The van der Waals surface area contributed by atoms with E-state index in [-0.39, 0.29) is 47.2 Å². The maximum Gasteiger partial charge on any atom is 0.243 e. The van der Waals surface area contributed by atoms with Crippen molar-refractivity contribution in [2.45, 2.75) is 24.3 Å². The zero-order chi connectivity index (χ0) is 20.3. The minimum atomic E-state index is -3.79. The summed E-state index contributed by atoms with van der Waals surface area (Å²) in [6.07, 6.45) is 0.757. The molecule has 0 aromatic heterocycles. The Morgan fingerprint density at radius 3 is 2.36 bits per heavy atom. The molecule has 150 valence electrons. The molecule has 2 aromatic carbocycles. The van der Waals surface area contributed by atoms with E-state index in [0.717, 1.165) is 17.7 Å². The van der Waals surface area contributed by atoms with Crippen LogP contribution in [0.15, 0.2) is 47.4 Å². The molecule has 0 unspecified atom stereocenters. The van der Waals surface area contributed by atoms with Gasteiger partial charge in [0, 0.05) is 25.6 Å². The lowest BCUT2D eigenvalue weighted by atomic mass is 9.97. The van der Waals surface area contributed by atoms with Crippen LogP contribution < -0.4 is 5.32 Å². The smallest absolute Gasteiger partial charge is 0.243 e. The summed E-state index contributed by atoms with van der Waals surface area (Å²) < 4.78 is 52.8. The van der Waals surface area contributed by atoms with Crippen molar-refractivity contribution in [3.63, 3.8) is 0 Å². The first kappa shape index (κ1) is 20.7. The molecule has 28 heavy (non-hydrogen) atoms. The Balaban J connectivity index is 1.56. The van der Waals surface area contributed by atoms with E-state index in [2.05, 4.69) is 5.32 Å². The Morgan fingerprint density at radius 2 is 1.75 bits per heavy atom. The third kappa shape index (κ3) is 4.68. The molecule has 0 spiro atoms. The quantitative estimate of drug-likeness (QED) is 0.794. The van der Waals surface area contributed by atoms with E-state index in [0.29, 0.717) is 12.8 Å². The topological polar surface area (TPSA) is 66.5 Å². The molecule has 1 fully saturated rings. The van der Waals surface area contributed by atoms with Gasteiger partial charge < -0.3 is 5.32 Å². The lowest BCUT2D eigenvalue weighted by molar-refractivity contribution is -0.126. The summed E-state index contributed by atoms with van der Waals surface area (Å²) in [7, 11) is -3.79. The molecule has 9 heteroatoms. The standard InChI is InChI=1S/C19H19ClF2N2O3S/c20-17-11-16(5-6-18(17)22)28(26,27)24-9-7-14(8-10-24)19(25)23-12-13-1-3-15(21)4-2-13/h1-6,11,14H,7-10,12H2,(H,23,25). The highest BCUT2D eigenvalue weighted by molar-refractivity contribution is 7.89. The maximum atomic E-state index is 13.3. The summed E-state index contributed by atoms with van der Waals surface area (Å²) in [4.78, 5) is 12.3. The van der Waals surface area contributed by atoms with E-state index in [1.165, 1.54) is 22.5 Å². The van der Waals surface area contributed by atoms with Crippen molar-refractivity contribution >= 4 is 27.5 Å². The number of sulfonamides is 1. The fraction of sp³-hybridized carbons (Fsp3) is 0.316. The number of hydrogen-bond donors (Lipinski definition) is 1. The molecule has 0 aliphatic carbocycles. The lowest BCUT2D eigenvalue weighted by Gasteiger charge is -2.30. The highest BCUT2D eigenvalue weighted by Gasteiger charge is 2.32. The Hall–Kier alpha value is -2.03. The van der Waals surface area contributed by atoms with Gasteiger partial charge >= 0.3 is 0 Å². The Morgan fingerprint density at radius 1 is 1.11 bits per heavy atom. The molecule has 3 rings (SSSR count). The Kier molecular flexibility index (Phi) is 6.32. The summed E-state index contributed by atoms with van der Waals surface area (Å²) in [5.41, 5.74) is 0.781. The van der Waals surface area contributed by atoms with E-state index in [1.54, 1.807) is 12.1 Å². The highest BCUT2D eigenvalue weighted by Crippen LogP contribution is 2.26. The number of amides is 1. The number of benzene rings is 2. The van der Waals surface area contributed by atoms with Gasteiger partial charge in [0.2, 0.25) is 15.9 Å². The van der Waals surface area contributed by atoms with Crippen LogP contribution in [-0.4, -0.2) is 31.7 Å². The summed E-state index contributed by atoms with van der Waals surface area (Å²) in [5, 5.41) is 2.55. The zero-order valence-corrected chi connectivity index (χ0v) is 16.4. The minimum Gasteiger partial charge on any atom is -0.352 e. The number of nitrogens with one attached hydrogen (secondary N) is 1. The second kappa shape index (κ2) is 8.55. The van der Waals surface area contributed by atoms with Crippen molar-refractivity contribution in [2.75, 3.05) is 13.1 Å². The van der Waals surface area contributed by atoms with Crippen molar-refractivity contribution in [3.8, 4) is 0 Å². The highest BCUT2D eigenvalue weighted by atomic mass is 35.5. The number of piperidine rings is 1. The van der Waals surface area contributed by atoms with Crippen LogP contribution >= 0.6 is 11.6 Å². The Bertz CT molecular complexity index is 960. The lowest BCUT2D eigenvalue weighted by Crippen LogP contribution is -2.42. The van der Waals surface area contributed by atoms with E-state index >= 15 is 0 Å². The molecule has 1 aliphatic heterocycles. The first-order valence-corrected chi connectivity index (χ1v) is 10.6. The number of carbonyl (C=O) groups excluding carboxylic acids is 1. The maximum absolute atomic E-state index is 13.3. The third-order valence-corrected chi connectivity index (χ3v) is 6.92. The van der Waals surface area contributed by atoms with Crippen LogP contribution in [0.25, 0.3) is 0 Å². The molecular weight excluding hydrogens is 410 g/mol. The van der Waals surface area contributed by atoms with Crippen molar-refractivity contribution in [3.05, 3.63) is 64.7 Å². The zero-order valence-electron chi connectivity index (χ0n) is 14.9. The molecule has 2 aromatic rings. The molecule has 1 saturated heterocycles. The van der Waals surface area contributed by atoms with Crippen LogP contribution in [0.2, 0.25) is 5.02 Å². The van der Waals surface area contributed by atoms with Gasteiger partial charge in [0.05, 0.1) is 9.92 Å². The third-order valence-electron chi connectivity index (χ3n) is 4.73. The summed E-state index contributed by atoms with van der Waals surface area (Å²) >= 11 is 5.69. The average Bonchev–Trinajstić information content (AvgIpc) is 2.69. The molecule has 1 heterocycles. The molecule has 0 radical (unpaired) electrons. The van der Waals surface area contributed by atoms with E-state index in [1.807, 2.05) is 0 Å². The normalized spacial score (nSPS) is 16.1. The van der Waals surface area contributed by atoms with Crippen molar-refractivity contribution in [1.29, 1.82) is 0 Å². The van der Waals surface area contributed by atoms with Crippen molar-refractivity contribution in [2.24, 2.45) is 5.92 Å². The van der Waals surface area contributed by atoms with Crippen LogP contribution in [0.3, 0.4) is 0 Å². The number of hydrogen-bond acceptors (Lipinski definition) is 3. The van der Waals surface area contributed by atoms with Crippen molar-refractivity contribution in [1.82, 2.24) is 9.62 Å². The van der Waals surface area contributed by atoms with Gasteiger partial charge in [0.1, 0.15) is 11.6 Å². The van der Waals surface area contributed by atoms with Gasteiger partial charge in [-0.25, -0.2) is 17.2 Å². The summed E-state index contributed by atoms with van der Waals surface area (Å²) in [6, 6.07) is 9.13. The largest absolute Gasteiger partial charge is 0.352 e. The van der Waals surface area contributed by atoms with Crippen LogP contribution in [-0.2, 0) is 21.4 Å².